The number of ether oxygens (including phenoxy) is 2. The number of hydrogen-bond acceptors (Lipinski definition) is 8. The van der Waals surface area contributed by atoms with E-state index in [1.54, 1.807) is 41.3 Å². The predicted molar refractivity (Wildman–Crippen MR) is 167 cm³/mol. The first-order valence-electron chi connectivity index (χ1n) is 14.3. The van der Waals surface area contributed by atoms with Gasteiger partial charge in [0.25, 0.3) is 5.69 Å². The molecule has 1 aliphatic carbocycles. The number of halogens is 2. The van der Waals surface area contributed by atoms with Crippen molar-refractivity contribution in [1.82, 2.24) is 14.9 Å². The fraction of sp³-hybridized carbons (Fsp3) is 0.303. The largest absolute Gasteiger partial charge is 0.487 e. The number of likely N-dealkylation sites (tertiary alicyclic amines) is 1. The van der Waals surface area contributed by atoms with Gasteiger partial charge in [-0.1, -0.05) is 35.6 Å². The number of rotatable bonds is 6. The third-order valence-electron chi connectivity index (χ3n) is 7.65. The van der Waals surface area contributed by atoms with Crippen molar-refractivity contribution in [2.75, 3.05) is 18.4 Å². The monoisotopic (exact) mass is 629 g/mol. The molecule has 2 heterocycles. The molecule has 1 amide bonds. The number of anilines is 2. The zero-order valence-corrected chi connectivity index (χ0v) is 25.5. The van der Waals surface area contributed by atoms with Gasteiger partial charge in [-0.3, -0.25) is 10.1 Å². The minimum Gasteiger partial charge on any atom is -0.487 e. The SMILES string of the molecule is CC(C)(C)OC(=O)N1C[C@@H]2C(C#Cc3cc4ncnc(Nc5ccc(OCc6cccc(F)c6)c(Cl)c5)c4cc3[N+](=O)[O-])[C@@H]2C1. The van der Waals surface area contributed by atoms with Gasteiger partial charge in [0.2, 0.25) is 0 Å². The van der Waals surface area contributed by atoms with E-state index in [0.717, 1.165) is 0 Å². The summed E-state index contributed by atoms with van der Waals surface area (Å²) < 4.78 is 24.7. The molecule has 1 aromatic heterocycles. The zero-order valence-electron chi connectivity index (χ0n) is 24.7. The highest BCUT2D eigenvalue weighted by atomic mass is 35.5. The number of amides is 1. The van der Waals surface area contributed by atoms with Crippen LogP contribution >= 0.6 is 11.6 Å². The molecule has 1 saturated heterocycles. The van der Waals surface area contributed by atoms with Crippen molar-refractivity contribution in [1.29, 1.82) is 0 Å². The van der Waals surface area contributed by atoms with Crippen LogP contribution in [-0.4, -0.2) is 44.6 Å². The molecule has 12 heteroatoms. The quantitative estimate of drug-likeness (QED) is 0.136. The maximum atomic E-state index is 13.5. The summed E-state index contributed by atoms with van der Waals surface area (Å²) in [6, 6.07) is 14.1. The molecular formula is C33H29ClFN5O5. The maximum absolute atomic E-state index is 13.5. The lowest BCUT2D eigenvalue weighted by Gasteiger charge is -2.25. The Morgan fingerprint density at radius 3 is 2.62 bits per heavy atom. The van der Waals surface area contributed by atoms with Crippen LogP contribution in [0, 0.1) is 45.5 Å². The number of nitro benzene ring substituents is 1. The van der Waals surface area contributed by atoms with Gasteiger partial charge in [-0.05, 0) is 74.6 Å². The van der Waals surface area contributed by atoms with Gasteiger partial charge in [-0.2, -0.15) is 0 Å². The molecule has 230 valence electrons. The molecule has 1 aliphatic heterocycles. The van der Waals surface area contributed by atoms with Crippen molar-refractivity contribution in [3.05, 3.63) is 93.0 Å². The van der Waals surface area contributed by atoms with E-state index in [4.69, 9.17) is 21.1 Å². The molecule has 10 nitrogen and oxygen atoms in total. The maximum Gasteiger partial charge on any atom is 0.410 e. The van der Waals surface area contributed by atoms with Gasteiger partial charge in [-0.15, -0.1) is 0 Å². The molecular weight excluding hydrogens is 601 g/mol. The van der Waals surface area contributed by atoms with E-state index >= 15 is 0 Å². The van der Waals surface area contributed by atoms with Crippen molar-refractivity contribution >= 4 is 45.8 Å². The van der Waals surface area contributed by atoms with Crippen LogP contribution in [0.3, 0.4) is 0 Å². The van der Waals surface area contributed by atoms with Crippen LogP contribution < -0.4 is 10.1 Å². The second-order valence-corrected chi connectivity index (χ2v) is 12.5. The van der Waals surface area contributed by atoms with Crippen LogP contribution in [0.5, 0.6) is 5.75 Å². The Hall–Kier alpha value is -4.95. The minimum atomic E-state index is -0.560. The number of benzene rings is 3. The lowest BCUT2D eigenvalue weighted by Crippen LogP contribution is -2.37. The minimum absolute atomic E-state index is 0.0622. The number of carbonyl (C=O) groups excluding carboxylic acids is 1. The van der Waals surface area contributed by atoms with E-state index in [-0.39, 0.29) is 47.5 Å². The molecule has 45 heavy (non-hydrogen) atoms. The van der Waals surface area contributed by atoms with Crippen LogP contribution in [0.4, 0.5) is 26.4 Å². The number of nitrogens with one attached hydrogen (secondary N) is 1. The molecule has 1 N–H and O–H groups in total. The summed E-state index contributed by atoms with van der Waals surface area (Å²) in [5, 5.41) is 16.0. The Kier molecular flexibility index (Phi) is 7.93. The Labute approximate surface area is 263 Å². The van der Waals surface area contributed by atoms with Crippen LogP contribution in [0.2, 0.25) is 5.02 Å². The van der Waals surface area contributed by atoms with Gasteiger partial charge in [0.05, 0.1) is 15.5 Å². The van der Waals surface area contributed by atoms with Crippen LogP contribution in [-0.2, 0) is 11.3 Å². The Balaban J connectivity index is 1.16. The molecule has 0 bridgehead atoms. The van der Waals surface area contributed by atoms with Gasteiger partial charge >= 0.3 is 6.09 Å². The highest BCUT2D eigenvalue weighted by Crippen LogP contribution is 2.51. The molecule has 0 spiro atoms. The summed E-state index contributed by atoms with van der Waals surface area (Å²) in [6.45, 7) is 6.76. The predicted octanol–water partition coefficient (Wildman–Crippen LogP) is 7.12. The first-order chi connectivity index (χ1) is 21.4. The highest BCUT2D eigenvalue weighted by molar-refractivity contribution is 6.32. The summed E-state index contributed by atoms with van der Waals surface area (Å²) >= 11 is 6.45. The number of piperidine rings is 1. The molecule has 4 aromatic rings. The molecule has 0 radical (unpaired) electrons. The molecule has 3 aromatic carbocycles. The van der Waals surface area contributed by atoms with E-state index in [1.165, 1.54) is 24.5 Å². The molecule has 2 fully saturated rings. The van der Waals surface area contributed by atoms with Crippen molar-refractivity contribution in [2.45, 2.75) is 33.0 Å². The van der Waals surface area contributed by atoms with E-state index < -0.39 is 10.5 Å². The molecule has 3 atom stereocenters. The topological polar surface area (TPSA) is 120 Å². The summed E-state index contributed by atoms with van der Waals surface area (Å²) in [5.41, 5.74) is 1.26. The zero-order chi connectivity index (χ0) is 31.9. The number of nitro groups is 1. The summed E-state index contributed by atoms with van der Waals surface area (Å²) in [4.78, 5) is 34.3. The van der Waals surface area contributed by atoms with E-state index in [0.29, 0.717) is 51.8 Å². The first kappa shape index (κ1) is 30.1. The van der Waals surface area contributed by atoms with Gasteiger partial charge < -0.3 is 19.7 Å². The highest BCUT2D eigenvalue weighted by Gasteiger charge is 2.56. The smallest absolute Gasteiger partial charge is 0.410 e. The first-order valence-corrected chi connectivity index (χ1v) is 14.7. The standard InChI is InChI=1S/C33H29ClFN5O5/c1-33(2,3)45-32(41)39-15-25-23(26(25)16-39)9-7-20-12-28-24(14-29(20)40(42)43)31(37-18-36-28)38-22-8-10-30(27(34)13-22)44-17-19-5-4-6-21(35)11-19/h4-6,8,10-14,18,23,25-26H,15-17H2,1-3H3,(H,36,37,38)/t23?,25-,26+. The van der Waals surface area contributed by atoms with Crippen molar-refractivity contribution in [2.24, 2.45) is 17.8 Å². The van der Waals surface area contributed by atoms with Crippen molar-refractivity contribution in [3.63, 3.8) is 0 Å². The lowest BCUT2D eigenvalue weighted by molar-refractivity contribution is -0.385. The number of hydrogen-bond donors (Lipinski definition) is 1. The van der Waals surface area contributed by atoms with Gasteiger partial charge in [0.1, 0.15) is 41.5 Å². The average molecular weight is 630 g/mol. The van der Waals surface area contributed by atoms with E-state index in [9.17, 15) is 19.3 Å². The van der Waals surface area contributed by atoms with Crippen LogP contribution in [0.25, 0.3) is 10.9 Å². The Morgan fingerprint density at radius 1 is 1.16 bits per heavy atom. The van der Waals surface area contributed by atoms with Crippen molar-refractivity contribution in [3.8, 4) is 17.6 Å². The Morgan fingerprint density at radius 2 is 1.93 bits per heavy atom. The van der Waals surface area contributed by atoms with Crippen LogP contribution in [0.15, 0.2) is 60.9 Å². The number of nitrogens with zero attached hydrogens (tertiary/aromatic N) is 4. The molecule has 6 rings (SSSR count). The Bertz CT molecular complexity index is 1870. The third kappa shape index (κ3) is 6.76. The number of aromatic nitrogens is 2. The third-order valence-corrected chi connectivity index (χ3v) is 7.94. The fourth-order valence-corrected chi connectivity index (χ4v) is 5.67. The lowest BCUT2D eigenvalue weighted by atomic mass is 10.1. The number of carbonyl (C=O) groups is 1. The normalized spacial score (nSPS) is 18.5. The number of fused-ring (bicyclic) bond motifs is 2. The van der Waals surface area contributed by atoms with Gasteiger partial charge in [0, 0.05) is 36.1 Å². The second-order valence-electron chi connectivity index (χ2n) is 12.1. The average Bonchev–Trinajstić information content (AvgIpc) is 3.41. The van der Waals surface area contributed by atoms with Gasteiger partial charge in [-0.25, -0.2) is 19.2 Å². The van der Waals surface area contributed by atoms with E-state index in [1.807, 2.05) is 20.8 Å². The molecule has 2 aliphatic rings. The summed E-state index contributed by atoms with van der Waals surface area (Å²) in [7, 11) is 0. The van der Waals surface area contributed by atoms with Crippen molar-refractivity contribution < 1.29 is 23.6 Å². The molecule has 1 unspecified atom stereocenters. The van der Waals surface area contributed by atoms with Gasteiger partial charge in [0.15, 0.2) is 0 Å². The summed E-state index contributed by atoms with van der Waals surface area (Å²) in [6.07, 6.45) is 1.03. The van der Waals surface area contributed by atoms with Crippen LogP contribution in [0.1, 0.15) is 31.9 Å². The fourth-order valence-electron chi connectivity index (χ4n) is 5.44. The summed E-state index contributed by atoms with van der Waals surface area (Å²) in [5.74, 6) is 7.14. The van der Waals surface area contributed by atoms with E-state index in [2.05, 4.69) is 27.1 Å². The molecule has 1 saturated carbocycles. The second kappa shape index (κ2) is 11.9.